The Morgan fingerprint density at radius 3 is 2.84 bits per heavy atom. The Morgan fingerprint density at radius 1 is 1.24 bits per heavy atom. The lowest BCUT2D eigenvalue weighted by Gasteiger charge is -2.33. The van der Waals surface area contributed by atoms with Gasteiger partial charge in [-0.3, -0.25) is 19.6 Å². The van der Waals surface area contributed by atoms with Gasteiger partial charge in [0.05, 0.1) is 30.3 Å². The molecule has 11 heteroatoms. The van der Waals surface area contributed by atoms with Gasteiger partial charge in [-0.1, -0.05) is 0 Å². The zero-order valence-corrected chi connectivity index (χ0v) is 20.5. The van der Waals surface area contributed by atoms with Crippen molar-refractivity contribution in [1.29, 1.82) is 5.26 Å². The van der Waals surface area contributed by atoms with E-state index in [2.05, 4.69) is 37.3 Å². The highest BCUT2D eigenvalue weighted by molar-refractivity contribution is 6.05. The molecule has 11 nitrogen and oxygen atoms in total. The molecule has 2 aromatic heterocycles. The van der Waals surface area contributed by atoms with Crippen molar-refractivity contribution in [2.24, 2.45) is 16.3 Å². The number of rotatable bonds is 6. The first kappa shape index (κ1) is 23.3. The fourth-order valence-corrected chi connectivity index (χ4v) is 5.14. The van der Waals surface area contributed by atoms with Crippen LogP contribution in [0.25, 0.3) is 0 Å². The summed E-state index contributed by atoms with van der Waals surface area (Å²) in [7, 11) is 0. The van der Waals surface area contributed by atoms with Crippen LogP contribution in [0, 0.1) is 22.7 Å². The maximum absolute atomic E-state index is 13.3. The number of carbonyl (C=O) groups is 2. The van der Waals surface area contributed by atoms with Crippen molar-refractivity contribution in [3.05, 3.63) is 41.3 Å². The van der Waals surface area contributed by atoms with Crippen LogP contribution in [0.2, 0.25) is 0 Å². The van der Waals surface area contributed by atoms with Gasteiger partial charge in [0.15, 0.2) is 0 Å². The molecule has 6 rings (SSSR count). The van der Waals surface area contributed by atoms with Crippen molar-refractivity contribution in [1.82, 2.24) is 25.2 Å². The Kier molecular flexibility index (Phi) is 5.94. The van der Waals surface area contributed by atoms with Gasteiger partial charge < -0.3 is 19.9 Å². The number of hydrogen-bond donors (Lipinski definition) is 1. The monoisotopic (exact) mass is 500 g/mol. The number of nitrogens with zero attached hydrogens (tertiary/aromatic N) is 7. The molecule has 2 amide bonds. The summed E-state index contributed by atoms with van der Waals surface area (Å²) in [6, 6.07) is 8.14. The van der Waals surface area contributed by atoms with Crippen molar-refractivity contribution in [3.63, 3.8) is 0 Å². The molecule has 2 aromatic rings. The summed E-state index contributed by atoms with van der Waals surface area (Å²) >= 11 is 0. The molecule has 0 aromatic carbocycles. The van der Waals surface area contributed by atoms with Crippen LogP contribution in [0.15, 0.2) is 29.4 Å². The number of aliphatic imine (C=N–C) groups is 1. The second kappa shape index (κ2) is 9.42. The van der Waals surface area contributed by atoms with Gasteiger partial charge in [-0.2, -0.15) is 15.2 Å². The molecule has 0 radical (unpaired) electrons. The van der Waals surface area contributed by atoms with E-state index in [9.17, 15) is 14.9 Å². The van der Waals surface area contributed by atoms with E-state index in [0.29, 0.717) is 31.4 Å². The molecule has 1 N–H and O–H groups in total. The van der Waals surface area contributed by atoms with Gasteiger partial charge in [0.25, 0.3) is 5.91 Å². The second-order valence-corrected chi connectivity index (χ2v) is 10.1. The van der Waals surface area contributed by atoms with Crippen LogP contribution in [-0.4, -0.2) is 76.7 Å². The standard InChI is InChI=1S/C26H28N8O3/c27-15-26(5-6-26)16-37-25-31-19(24(36)34-11-8-29-22(35)14-34)12-21(32-25)33-9-3-17(4-10-33)23-18-2-1-7-28-20(18)13-30-23/h1-2,7,12,17H,3-6,8-11,13-14,16H2,(H,29,35). The molecule has 1 aliphatic carbocycles. The second-order valence-electron chi connectivity index (χ2n) is 10.1. The molecule has 0 atom stereocenters. The number of nitrogens with one attached hydrogen (secondary N) is 1. The number of ether oxygens (including phenoxy) is 1. The molecule has 5 heterocycles. The average Bonchev–Trinajstić information content (AvgIpc) is 3.61. The minimum Gasteiger partial charge on any atom is -0.462 e. The molecule has 0 unspecified atom stereocenters. The van der Waals surface area contributed by atoms with Crippen LogP contribution in [0.5, 0.6) is 6.01 Å². The summed E-state index contributed by atoms with van der Waals surface area (Å²) in [5.41, 5.74) is 3.04. The highest BCUT2D eigenvalue weighted by atomic mass is 16.5. The number of aromatic nitrogens is 3. The van der Waals surface area contributed by atoms with Crippen molar-refractivity contribution in [3.8, 4) is 12.1 Å². The minimum absolute atomic E-state index is 0.00423. The molecule has 2 saturated heterocycles. The van der Waals surface area contributed by atoms with E-state index < -0.39 is 5.41 Å². The molecule has 1 saturated carbocycles. The number of amides is 2. The molecular formula is C26H28N8O3. The highest BCUT2D eigenvalue weighted by Crippen LogP contribution is 2.45. The van der Waals surface area contributed by atoms with Crippen molar-refractivity contribution in [2.75, 3.05) is 44.2 Å². The predicted molar refractivity (Wildman–Crippen MR) is 133 cm³/mol. The zero-order chi connectivity index (χ0) is 25.4. The van der Waals surface area contributed by atoms with Crippen LogP contribution in [-0.2, 0) is 11.3 Å². The van der Waals surface area contributed by atoms with Crippen molar-refractivity contribution >= 4 is 23.3 Å². The lowest BCUT2D eigenvalue weighted by atomic mass is 9.88. The van der Waals surface area contributed by atoms with Gasteiger partial charge in [0.1, 0.15) is 18.1 Å². The Bertz CT molecular complexity index is 1310. The fourth-order valence-electron chi connectivity index (χ4n) is 5.14. The summed E-state index contributed by atoms with van der Waals surface area (Å²) in [5, 5.41) is 12.1. The normalized spacial score (nSPS) is 20.5. The van der Waals surface area contributed by atoms with Crippen LogP contribution in [0.4, 0.5) is 5.82 Å². The molecule has 190 valence electrons. The summed E-state index contributed by atoms with van der Waals surface area (Å²) < 4.78 is 5.85. The number of pyridine rings is 1. The topological polar surface area (TPSA) is 137 Å². The number of piperazine rings is 1. The Balaban J connectivity index is 1.20. The molecule has 37 heavy (non-hydrogen) atoms. The summed E-state index contributed by atoms with van der Waals surface area (Å²) in [4.78, 5) is 47.0. The number of carbonyl (C=O) groups excluding carboxylic acids is 2. The highest BCUT2D eigenvalue weighted by Gasteiger charge is 2.44. The molecule has 0 spiro atoms. The fraction of sp³-hybridized carbons (Fsp3) is 0.500. The number of anilines is 1. The Morgan fingerprint density at radius 2 is 2.08 bits per heavy atom. The van der Waals surface area contributed by atoms with E-state index in [1.54, 1.807) is 6.07 Å². The van der Waals surface area contributed by atoms with Crippen LogP contribution < -0.4 is 15.0 Å². The molecule has 0 bridgehead atoms. The first-order valence-electron chi connectivity index (χ1n) is 12.8. The average molecular weight is 501 g/mol. The van der Waals surface area contributed by atoms with Gasteiger partial charge in [-0.05, 0) is 37.8 Å². The summed E-state index contributed by atoms with van der Waals surface area (Å²) in [6.07, 6.45) is 5.19. The van der Waals surface area contributed by atoms with Crippen LogP contribution in [0.3, 0.4) is 0 Å². The zero-order valence-electron chi connectivity index (χ0n) is 20.5. The van der Waals surface area contributed by atoms with E-state index in [4.69, 9.17) is 9.73 Å². The third-order valence-electron chi connectivity index (χ3n) is 7.58. The summed E-state index contributed by atoms with van der Waals surface area (Å²) in [5.74, 6) is 0.441. The van der Waals surface area contributed by atoms with E-state index >= 15 is 0 Å². The molecule has 4 aliphatic rings. The van der Waals surface area contributed by atoms with Gasteiger partial charge in [-0.15, -0.1) is 0 Å². The number of hydrogen-bond acceptors (Lipinski definition) is 9. The quantitative estimate of drug-likeness (QED) is 0.628. The number of nitriles is 1. The SMILES string of the molecule is N#CC1(COc2nc(C(=O)N3CCNC(=O)C3)cc(N3CCC(C4=NCc5ncccc54)CC3)n2)CC1. The largest absolute Gasteiger partial charge is 0.462 e. The summed E-state index contributed by atoms with van der Waals surface area (Å²) in [6.45, 7) is 3.16. The van der Waals surface area contributed by atoms with Crippen molar-refractivity contribution < 1.29 is 14.3 Å². The maximum atomic E-state index is 13.3. The van der Waals surface area contributed by atoms with Crippen LogP contribution in [0.1, 0.15) is 47.4 Å². The predicted octanol–water partition coefficient (Wildman–Crippen LogP) is 1.35. The lowest BCUT2D eigenvalue weighted by molar-refractivity contribution is -0.123. The smallest absolute Gasteiger partial charge is 0.319 e. The number of piperidine rings is 1. The van der Waals surface area contributed by atoms with E-state index in [1.165, 1.54) is 4.90 Å². The van der Waals surface area contributed by atoms with Gasteiger partial charge in [-0.25, -0.2) is 0 Å². The first-order chi connectivity index (χ1) is 18.0. The molecule has 3 fully saturated rings. The maximum Gasteiger partial charge on any atom is 0.319 e. The van der Waals surface area contributed by atoms with E-state index in [1.807, 2.05) is 12.3 Å². The van der Waals surface area contributed by atoms with Gasteiger partial charge in [0.2, 0.25) is 5.91 Å². The third kappa shape index (κ3) is 4.71. The van der Waals surface area contributed by atoms with Gasteiger partial charge >= 0.3 is 6.01 Å². The molecule has 3 aliphatic heterocycles. The van der Waals surface area contributed by atoms with E-state index in [0.717, 1.165) is 55.7 Å². The number of fused-ring (bicyclic) bond motifs is 1. The lowest BCUT2D eigenvalue weighted by Crippen LogP contribution is -2.50. The molecular weight excluding hydrogens is 472 g/mol. The van der Waals surface area contributed by atoms with E-state index in [-0.39, 0.29) is 36.7 Å². The van der Waals surface area contributed by atoms with Gasteiger partial charge in [0, 0.05) is 55.6 Å². The van der Waals surface area contributed by atoms with Crippen LogP contribution >= 0.6 is 0 Å². The Hall–Kier alpha value is -4.07. The first-order valence-corrected chi connectivity index (χ1v) is 12.8. The van der Waals surface area contributed by atoms with Crippen molar-refractivity contribution in [2.45, 2.75) is 32.2 Å². The minimum atomic E-state index is -0.486. The third-order valence-corrected chi connectivity index (χ3v) is 7.58. The Labute approximate surface area is 214 Å².